The average molecular weight is 204 g/mol. The summed E-state index contributed by atoms with van der Waals surface area (Å²) in [5.41, 5.74) is 2.67. The normalized spacial score (nSPS) is 14.5. The van der Waals surface area contributed by atoms with Gasteiger partial charge in [0, 0.05) is 0 Å². The van der Waals surface area contributed by atoms with Crippen molar-refractivity contribution < 1.29 is 4.42 Å². The van der Waals surface area contributed by atoms with Gasteiger partial charge in [0.2, 0.25) is 0 Å². The lowest BCUT2D eigenvalue weighted by Gasteiger charge is -2.11. The quantitative estimate of drug-likeness (QED) is 0.638. The zero-order chi connectivity index (χ0) is 11.5. The number of allylic oxidation sites excluding steroid dienone is 4. The minimum absolute atomic E-state index is 0.227. The Labute approximate surface area is 92.5 Å². The molecule has 1 heteroatoms. The van der Waals surface area contributed by atoms with Crippen LogP contribution in [0.3, 0.4) is 0 Å². The summed E-state index contributed by atoms with van der Waals surface area (Å²) in [5, 5.41) is 0. The molecule has 1 heterocycles. The van der Waals surface area contributed by atoms with Crippen LogP contribution in [0.1, 0.15) is 40.4 Å². The molecule has 0 aliphatic carbocycles. The smallest absolute Gasteiger partial charge is 0.129 e. The van der Waals surface area contributed by atoms with E-state index in [9.17, 15) is 0 Å². The molecule has 0 unspecified atom stereocenters. The van der Waals surface area contributed by atoms with Crippen molar-refractivity contribution in [2.45, 2.75) is 34.6 Å². The predicted octanol–water partition coefficient (Wildman–Crippen LogP) is 4.68. The molecule has 0 aromatic carbocycles. The summed E-state index contributed by atoms with van der Waals surface area (Å²) in [6, 6.07) is 3.91. The van der Waals surface area contributed by atoms with Crippen LogP contribution in [0, 0.1) is 5.41 Å². The Bertz CT molecular complexity index is 359. The van der Waals surface area contributed by atoms with E-state index in [-0.39, 0.29) is 5.41 Å². The Morgan fingerprint density at radius 1 is 1.27 bits per heavy atom. The fourth-order valence-electron chi connectivity index (χ4n) is 1.19. The highest BCUT2D eigenvalue weighted by molar-refractivity contribution is 5.64. The van der Waals surface area contributed by atoms with Crippen LogP contribution in [0.2, 0.25) is 0 Å². The van der Waals surface area contributed by atoms with Crippen molar-refractivity contribution in [2.24, 2.45) is 5.41 Å². The van der Waals surface area contributed by atoms with Gasteiger partial charge < -0.3 is 4.42 Å². The van der Waals surface area contributed by atoms with Gasteiger partial charge in [-0.1, -0.05) is 32.9 Å². The second kappa shape index (κ2) is 4.52. The van der Waals surface area contributed by atoms with Gasteiger partial charge in [-0.3, -0.25) is 0 Å². The van der Waals surface area contributed by atoms with Crippen LogP contribution < -0.4 is 0 Å². The highest BCUT2D eigenvalue weighted by Crippen LogP contribution is 2.21. The van der Waals surface area contributed by atoms with Gasteiger partial charge in [-0.05, 0) is 42.5 Å². The van der Waals surface area contributed by atoms with Crippen LogP contribution in [-0.2, 0) is 0 Å². The highest BCUT2D eigenvalue weighted by Gasteiger charge is 2.05. The van der Waals surface area contributed by atoms with Crippen molar-refractivity contribution >= 4 is 5.57 Å². The van der Waals surface area contributed by atoms with Gasteiger partial charge in [-0.15, -0.1) is 0 Å². The summed E-state index contributed by atoms with van der Waals surface area (Å²) in [6.45, 7) is 10.8. The zero-order valence-electron chi connectivity index (χ0n) is 10.3. The van der Waals surface area contributed by atoms with E-state index in [4.69, 9.17) is 4.42 Å². The molecule has 0 aliphatic rings. The molecule has 0 aliphatic heterocycles. The molecule has 0 saturated carbocycles. The molecule has 82 valence electrons. The molecule has 0 amide bonds. The Morgan fingerprint density at radius 3 is 2.40 bits per heavy atom. The van der Waals surface area contributed by atoms with Crippen LogP contribution in [0.5, 0.6) is 0 Å². The van der Waals surface area contributed by atoms with Gasteiger partial charge in [-0.2, -0.15) is 0 Å². The zero-order valence-corrected chi connectivity index (χ0v) is 10.3. The van der Waals surface area contributed by atoms with Crippen molar-refractivity contribution in [3.05, 3.63) is 41.9 Å². The van der Waals surface area contributed by atoms with Gasteiger partial charge in [0.15, 0.2) is 0 Å². The van der Waals surface area contributed by atoms with E-state index in [1.165, 1.54) is 11.1 Å². The van der Waals surface area contributed by atoms with Gasteiger partial charge in [0.05, 0.1) is 6.26 Å². The minimum Gasteiger partial charge on any atom is -0.465 e. The first-order valence-electron chi connectivity index (χ1n) is 5.31. The third kappa shape index (κ3) is 3.78. The fourth-order valence-corrected chi connectivity index (χ4v) is 1.19. The van der Waals surface area contributed by atoms with Crippen molar-refractivity contribution in [1.29, 1.82) is 0 Å². The molecule has 0 spiro atoms. The van der Waals surface area contributed by atoms with Gasteiger partial charge in [0.1, 0.15) is 5.76 Å². The second-order valence-electron chi connectivity index (χ2n) is 4.98. The fraction of sp³-hybridized carbons (Fsp3) is 0.429. The van der Waals surface area contributed by atoms with E-state index in [1.54, 1.807) is 6.26 Å². The molecule has 0 saturated heterocycles. The molecule has 1 rings (SSSR count). The lowest BCUT2D eigenvalue weighted by molar-refractivity contribution is 0.543. The molecule has 1 nitrogen and oxygen atoms in total. The van der Waals surface area contributed by atoms with Crippen LogP contribution in [0.4, 0.5) is 0 Å². The second-order valence-corrected chi connectivity index (χ2v) is 4.98. The summed E-state index contributed by atoms with van der Waals surface area (Å²) < 4.78 is 5.36. The predicted molar refractivity (Wildman–Crippen MR) is 65.6 cm³/mol. The Balaban J connectivity index is 2.88. The molecular weight excluding hydrogens is 184 g/mol. The monoisotopic (exact) mass is 204 g/mol. The third-order valence-electron chi connectivity index (χ3n) is 2.32. The number of hydrogen-bond acceptors (Lipinski definition) is 1. The van der Waals surface area contributed by atoms with Crippen LogP contribution in [0.15, 0.2) is 40.5 Å². The number of hydrogen-bond donors (Lipinski definition) is 0. The number of rotatable bonds is 2. The Morgan fingerprint density at radius 2 is 1.93 bits per heavy atom. The van der Waals surface area contributed by atoms with Crippen LogP contribution >= 0.6 is 0 Å². The maximum Gasteiger partial charge on any atom is 0.129 e. The van der Waals surface area contributed by atoms with Gasteiger partial charge >= 0.3 is 0 Å². The third-order valence-corrected chi connectivity index (χ3v) is 2.32. The summed E-state index contributed by atoms with van der Waals surface area (Å²) >= 11 is 0. The van der Waals surface area contributed by atoms with E-state index in [2.05, 4.69) is 46.8 Å². The van der Waals surface area contributed by atoms with Gasteiger partial charge in [-0.25, -0.2) is 0 Å². The van der Waals surface area contributed by atoms with E-state index in [0.29, 0.717) is 0 Å². The molecule has 0 fully saturated rings. The first-order chi connectivity index (χ1) is 6.90. The average Bonchev–Trinajstić information content (AvgIpc) is 2.64. The molecule has 1 aromatic rings. The van der Waals surface area contributed by atoms with Crippen LogP contribution in [0.25, 0.3) is 5.57 Å². The largest absolute Gasteiger partial charge is 0.465 e. The first kappa shape index (κ1) is 11.8. The molecule has 0 bridgehead atoms. The standard InChI is InChI=1S/C14H20O/c1-11(8-9-14(3,4)5)12(2)13-7-6-10-15-13/h6-10H,1-5H3/b9-8+,12-11-. The summed E-state index contributed by atoms with van der Waals surface area (Å²) in [4.78, 5) is 0. The maximum absolute atomic E-state index is 5.36. The van der Waals surface area contributed by atoms with E-state index < -0.39 is 0 Å². The van der Waals surface area contributed by atoms with Crippen molar-refractivity contribution in [1.82, 2.24) is 0 Å². The molecule has 1 aromatic heterocycles. The van der Waals surface area contributed by atoms with Crippen molar-refractivity contribution in [2.75, 3.05) is 0 Å². The van der Waals surface area contributed by atoms with Crippen molar-refractivity contribution in [3.63, 3.8) is 0 Å². The maximum atomic E-state index is 5.36. The summed E-state index contributed by atoms with van der Waals surface area (Å²) in [6.07, 6.45) is 6.09. The Hall–Kier alpha value is -1.24. The van der Waals surface area contributed by atoms with Gasteiger partial charge in [0.25, 0.3) is 0 Å². The van der Waals surface area contributed by atoms with Crippen LogP contribution in [-0.4, -0.2) is 0 Å². The van der Waals surface area contributed by atoms with E-state index >= 15 is 0 Å². The lowest BCUT2D eigenvalue weighted by atomic mass is 9.94. The summed E-state index contributed by atoms with van der Waals surface area (Å²) in [7, 11) is 0. The highest BCUT2D eigenvalue weighted by atomic mass is 16.3. The van der Waals surface area contributed by atoms with E-state index in [1.807, 2.05) is 12.1 Å². The Kier molecular flexibility index (Phi) is 3.57. The molecule has 0 N–H and O–H groups in total. The molecular formula is C14H20O. The minimum atomic E-state index is 0.227. The SMILES string of the molecule is CC(/C=C/C(C)(C)C)=C(\C)c1ccco1. The lowest BCUT2D eigenvalue weighted by Crippen LogP contribution is -1.98. The summed E-state index contributed by atoms with van der Waals surface area (Å²) in [5.74, 6) is 0.950. The topological polar surface area (TPSA) is 13.1 Å². The van der Waals surface area contributed by atoms with E-state index in [0.717, 1.165) is 5.76 Å². The molecule has 0 atom stereocenters. The van der Waals surface area contributed by atoms with Crippen molar-refractivity contribution in [3.8, 4) is 0 Å². The first-order valence-corrected chi connectivity index (χ1v) is 5.31. The molecule has 0 radical (unpaired) electrons. The number of furan rings is 1. The molecule has 15 heavy (non-hydrogen) atoms.